The average Bonchev–Trinajstić information content (AvgIpc) is 2.86. The van der Waals surface area contributed by atoms with Gasteiger partial charge in [0.2, 0.25) is 10.0 Å². The minimum atomic E-state index is -3.54. The highest BCUT2D eigenvalue weighted by atomic mass is 32.2. The van der Waals surface area contributed by atoms with Crippen molar-refractivity contribution < 1.29 is 17.9 Å². The summed E-state index contributed by atoms with van der Waals surface area (Å²) in [5.74, 6) is 0. The van der Waals surface area contributed by atoms with E-state index >= 15 is 0 Å². The van der Waals surface area contributed by atoms with E-state index in [-0.39, 0.29) is 6.09 Å². The molecular weight excluding hydrogens is 352 g/mol. The first-order valence-electron chi connectivity index (χ1n) is 9.27. The predicted molar refractivity (Wildman–Crippen MR) is 99.6 cm³/mol. The second-order valence-electron chi connectivity index (χ2n) is 8.01. The fraction of sp³-hybridized carbons (Fsp3) is 0.632. The SMILES string of the molecule is CC(C)(C)OC(=O)N1CCCN(S(=O)(=O)c2ccc3c(c2)CCC3)CC1. The fourth-order valence-corrected chi connectivity index (χ4v) is 5.02. The third kappa shape index (κ3) is 4.20. The summed E-state index contributed by atoms with van der Waals surface area (Å²) in [7, 11) is -3.54. The lowest BCUT2D eigenvalue weighted by molar-refractivity contribution is 0.0260. The molecule has 3 rings (SSSR count). The van der Waals surface area contributed by atoms with Gasteiger partial charge in [0.15, 0.2) is 0 Å². The smallest absolute Gasteiger partial charge is 0.410 e. The maximum atomic E-state index is 13.0. The van der Waals surface area contributed by atoms with Crippen LogP contribution in [0.3, 0.4) is 0 Å². The maximum absolute atomic E-state index is 13.0. The van der Waals surface area contributed by atoms with Gasteiger partial charge in [-0.05, 0) is 69.7 Å². The molecule has 0 N–H and O–H groups in total. The molecule has 0 unspecified atom stereocenters. The largest absolute Gasteiger partial charge is 0.444 e. The van der Waals surface area contributed by atoms with E-state index < -0.39 is 15.6 Å². The van der Waals surface area contributed by atoms with Gasteiger partial charge in [-0.1, -0.05) is 6.07 Å². The highest BCUT2D eigenvalue weighted by molar-refractivity contribution is 7.89. The van der Waals surface area contributed by atoms with Crippen molar-refractivity contribution in [3.63, 3.8) is 0 Å². The molecule has 2 aliphatic rings. The molecule has 1 heterocycles. The summed E-state index contributed by atoms with van der Waals surface area (Å²) in [6, 6.07) is 5.49. The van der Waals surface area contributed by atoms with Gasteiger partial charge >= 0.3 is 6.09 Å². The van der Waals surface area contributed by atoms with Crippen LogP contribution in [0.4, 0.5) is 4.79 Å². The zero-order valence-corrected chi connectivity index (χ0v) is 16.6. The molecule has 0 aromatic heterocycles. The van der Waals surface area contributed by atoms with Crippen molar-refractivity contribution in [2.75, 3.05) is 26.2 Å². The Kier molecular flexibility index (Phi) is 5.30. The number of nitrogens with zero attached hydrogens (tertiary/aromatic N) is 2. The van der Waals surface area contributed by atoms with Crippen LogP contribution in [-0.4, -0.2) is 55.5 Å². The summed E-state index contributed by atoms with van der Waals surface area (Å²) in [5, 5.41) is 0. The maximum Gasteiger partial charge on any atom is 0.410 e. The second kappa shape index (κ2) is 7.19. The molecule has 0 saturated carbocycles. The van der Waals surface area contributed by atoms with Gasteiger partial charge < -0.3 is 9.64 Å². The fourth-order valence-electron chi connectivity index (χ4n) is 3.50. The van der Waals surface area contributed by atoms with E-state index in [9.17, 15) is 13.2 Å². The van der Waals surface area contributed by atoms with Crippen molar-refractivity contribution in [2.24, 2.45) is 0 Å². The van der Waals surface area contributed by atoms with E-state index in [1.165, 1.54) is 9.87 Å². The molecule has 1 saturated heterocycles. The van der Waals surface area contributed by atoms with Crippen LogP contribution in [0.5, 0.6) is 0 Å². The van der Waals surface area contributed by atoms with Gasteiger partial charge in [0.05, 0.1) is 4.90 Å². The van der Waals surface area contributed by atoms with Gasteiger partial charge in [0, 0.05) is 26.2 Å². The Morgan fingerprint density at radius 1 is 1.00 bits per heavy atom. The highest BCUT2D eigenvalue weighted by Crippen LogP contribution is 2.27. The van der Waals surface area contributed by atoms with E-state index in [0.29, 0.717) is 37.5 Å². The molecule has 144 valence electrons. The molecule has 0 spiro atoms. The van der Waals surface area contributed by atoms with Crippen LogP contribution < -0.4 is 0 Å². The van der Waals surface area contributed by atoms with E-state index in [2.05, 4.69) is 0 Å². The predicted octanol–water partition coefficient (Wildman–Crippen LogP) is 2.81. The minimum Gasteiger partial charge on any atom is -0.444 e. The number of carbonyl (C=O) groups is 1. The number of benzene rings is 1. The molecule has 1 aromatic carbocycles. The van der Waals surface area contributed by atoms with Crippen molar-refractivity contribution in [1.29, 1.82) is 0 Å². The van der Waals surface area contributed by atoms with Crippen molar-refractivity contribution in [1.82, 2.24) is 9.21 Å². The Bertz CT molecular complexity index is 783. The molecular formula is C19H28N2O4S. The zero-order valence-electron chi connectivity index (χ0n) is 15.8. The first-order chi connectivity index (χ1) is 12.2. The number of rotatable bonds is 2. The molecule has 1 aliphatic carbocycles. The third-order valence-electron chi connectivity index (χ3n) is 4.81. The first kappa shape index (κ1) is 19.2. The lowest BCUT2D eigenvalue weighted by atomic mass is 10.1. The normalized spacial score (nSPS) is 19.1. The molecule has 0 atom stereocenters. The van der Waals surface area contributed by atoms with Gasteiger partial charge in [-0.25, -0.2) is 13.2 Å². The number of sulfonamides is 1. The number of ether oxygens (including phenoxy) is 1. The van der Waals surface area contributed by atoms with Gasteiger partial charge in [0.1, 0.15) is 5.60 Å². The summed E-state index contributed by atoms with van der Waals surface area (Å²) in [6.45, 7) is 7.04. The summed E-state index contributed by atoms with van der Waals surface area (Å²) in [5.41, 5.74) is 1.85. The van der Waals surface area contributed by atoms with Crippen molar-refractivity contribution in [2.45, 2.75) is 57.0 Å². The number of fused-ring (bicyclic) bond motifs is 1. The lowest BCUT2D eigenvalue weighted by Gasteiger charge is -2.26. The first-order valence-corrected chi connectivity index (χ1v) is 10.7. The Morgan fingerprint density at radius 3 is 2.46 bits per heavy atom. The Morgan fingerprint density at radius 2 is 1.73 bits per heavy atom. The Hall–Kier alpha value is -1.60. The van der Waals surface area contributed by atoms with E-state index in [1.54, 1.807) is 11.0 Å². The molecule has 1 fully saturated rings. The highest BCUT2D eigenvalue weighted by Gasteiger charge is 2.30. The molecule has 1 amide bonds. The van der Waals surface area contributed by atoms with Crippen molar-refractivity contribution in [3.8, 4) is 0 Å². The molecule has 7 heteroatoms. The van der Waals surface area contributed by atoms with Gasteiger partial charge in [-0.3, -0.25) is 0 Å². The minimum absolute atomic E-state index is 0.290. The average molecular weight is 381 g/mol. The third-order valence-corrected chi connectivity index (χ3v) is 6.71. The second-order valence-corrected chi connectivity index (χ2v) is 9.95. The topological polar surface area (TPSA) is 66.9 Å². The van der Waals surface area contributed by atoms with Crippen molar-refractivity contribution in [3.05, 3.63) is 29.3 Å². The Balaban J connectivity index is 1.71. The van der Waals surface area contributed by atoms with Gasteiger partial charge in [-0.2, -0.15) is 4.31 Å². The van der Waals surface area contributed by atoms with Crippen LogP contribution in [0.1, 0.15) is 44.7 Å². The van der Waals surface area contributed by atoms with Crippen LogP contribution >= 0.6 is 0 Å². The molecule has 0 bridgehead atoms. The lowest BCUT2D eigenvalue weighted by Crippen LogP contribution is -2.40. The van der Waals surface area contributed by atoms with Crippen molar-refractivity contribution >= 4 is 16.1 Å². The standard InChI is InChI=1S/C19H28N2O4S/c1-19(2,3)25-18(22)20-10-5-11-21(13-12-20)26(23,24)17-9-8-15-6-4-7-16(15)14-17/h8-9,14H,4-7,10-13H2,1-3H3. The number of hydrogen-bond donors (Lipinski definition) is 0. The molecule has 0 radical (unpaired) electrons. The summed E-state index contributed by atoms with van der Waals surface area (Å²) < 4.78 is 33.0. The van der Waals surface area contributed by atoms with Crippen LogP contribution in [0, 0.1) is 0 Å². The Labute approximate surface area is 156 Å². The molecule has 1 aliphatic heterocycles. The summed E-state index contributed by atoms with van der Waals surface area (Å²) >= 11 is 0. The summed E-state index contributed by atoms with van der Waals surface area (Å²) in [4.78, 5) is 14.2. The number of amides is 1. The van der Waals surface area contributed by atoms with Crippen LogP contribution in [0.15, 0.2) is 23.1 Å². The van der Waals surface area contributed by atoms with Crippen LogP contribution in [-0.2, 0) is 27.6 Å². The molecule has 1 aromatic rings. The number of hydrogen-bond acceptors (Lipinski definition) is 4. The van der Waals surface area contributed by atoms with Gasteiger partial charge in [0.25, 0.3) is 0 Å². The van der Waals surface area contributed by atoms with Gasteiger partial charge in [-0.15, -0.1) is 0 Å². The number of carbonyl (C=O) groups excluding carboxylic acids is 1. The summed E-state index contributed by atoms with van der Waals surface area (Å²) in [6.07, 6.45) is 3.29. The van der Waals surface area contributed by atoms with Crippen LogP contribution in [0.25, 0.3) is 0 Å². The monoisotopic (exact) mass is 380 g/mol. The van der Waals surface area contributed by atoms with E-state index in [4.69, 9.17) is 4.74 Å². The molecule has 26 heavy (non-hydrogen) atoms. The van der Waals surface area contributed by atoms with Crippen LogP contribution in [0.2, 0.25) is 0 Å². The number of aryl methyl sites for hydroxylation is 2. The zero-order chi connectivity index (χ0) is 18.9. The van der Waals surface area contributed by atoms with E-state index in [0.717, 1.165) is 24.8 Å². The quantitative estimate of drug-likeness (QED) is 0.791. The van der Waals surface area contributed by atoms with E-state index in [1.807, 2.05) is 32.9 Å². The molecule has 6 nitrogen and oxygen atoms in total.